The zero-order chi connectivity index (χ0) is 20.6. The zero-order valence-corrected chi connectivity index (χ0v) is 16.9. The highest BCUT2D eigenvalue weighted by molar-refractivity contribution is 6.05. The highest BCUT2D eigenvalue weighted by Crippen LogP contribution is 2.18. The number of carbonyl (C=O) groups excluding carboxylic acids is 2. The summed E-state index contributed by atoms with van der Waals surface area (Å²) >= 11 is 0. The van der Waals surface area contributed by atoms with Crippen LogP contribution in [-0.4, -0.2) is 37.2 Å². The van der Waals surface area contributed by atoms with Crippen molar-refractivity contribution in [1.82, 2.24) is 5.32 Å². The normalized spacial score (nSPS) is 16.8. The Kier molecular flexibility index (Phi) is 7.25. The lowest BCUT2D eigenvalue weighted by Gasteiger charge is -2.14. The van der Waals surface area contributed by atoms with Gasteiger partial charge in [-0.3, -0.25) is 9.59 Å². The number of hydrogen-bond donors (Lipinski definition) is 2. The second-order valence-electron chi connectivity index (χ2n) is 7.24. The van der Waals surface area contributed by atoms with Crippen LogP contribution in [0.25, 0.3) is 0 Å². The maximum atomic E-state index is 12.6. The van der Waals surface area contributed by atoms with Crippen LogP contribution in [0.1, 0.15) is 53.8 Å². The zero-order valence-electron chi connectivity index (χ0n) is 16.9. The Bertz CT molecular complexity index is 846. The van der Waals surface area contributed by atoms with E-state index in [1.807, 2.05) is 19.9 Å². The Morgan fingerprint density at radius 2 is 1.90 bits per heavy atom. The van der Waals surface area contributed by atoms with Crippen molar-refractivity contribution in [3.8, 4) is 5.75 Å². The quantitative estimate of drug-likeness (QED) is 0.706. The summed E-state index contributed by atoms with van der Waals surface area (Å²) in [5.74, 6) is 0.228. The van der Waals surface area contributed by atoms with E-state index in [0.29, 0.717) is 29.1 Å². The molecule has 0 bridgehead atoms. The van der Waals surface area contributed by atoms with Gasteiger partial charge in [-0.1, -0.05) is 19.1 Å². The van der Waals surface area contributed by atoms with Crippen LogP contribution < -0.4 is 15.4 Å². The van der Waals surface area contributed by atoms with E-state index in [0.717, 1.165) is 25.9 Å². The first-order chi connectivity index (χ1) is 14.0. The van der Waals surface area contributed by atoms with E-state index in [4.69, 9.17) is 9.47 Å². The van der Waals surface area contributed by atoms with E-state index < -0.39 is 0 Å². The highest BCUT2D eigenvalue weighted by Gasteiger charge is 2.17. The van der Waals surface area contributed by atoms with Crippen molar-refractivity contribution in [3.05, 3.63) is 59.7 Å². The molecule has 2 unspecified atom stereocenters. The fourth-order valence-electron chi connectivity index (χ4n) is 3.08. The maximum Gasteiger partial charge on any atom is 0.255 e. The second kappa shape index (κ2) is 10.1. The molecular formula is C23H28N2O4. The maximum absolute atomic E-state index is 12.6. The van der Waals surface area contributed by atoms with Crippen LogP contribution in [0.4, 0.5) is 5.69 Å². The third kappa shape index (κ3) is 6.06. The van der Waals surface area contributed by atoms with E-state index in [1.165, 1.54) is 0 Å². The number of carbonyl (C=O) groups is 2. The molecule has 29 heavy (non-hydrogen) atoms. The first-order valence-corrected chi connectivity index (χ1v) is 10.1. The molecule has 2 aromatic rings. The lowest BCUT2D eigenvalue weighted by molar-refractivity contribution is 0.0857. The largest absolute Gasteiger partial charge is 0.491 e. The number of rotatable bonds is 8. The number of nitrogens with one attached hydrogen (secondary N) is 2. The molecule has 1 aliphatic heterocycles. The molecule has 2 amide bonds. The van der Waals surface area contributed by atoms with Gasteiger partial charge in [0.15, 0.2) is 0 Å². The van der Waals surface area contributed by atoms with Gasteiger partial charge in [0.25, 0.3) is 11.8 Å². The van der Waals surface area contributed by atoms with Crippen LogP contribution in [0.2, 0.25) is 0 Å². The number of ether oxygens (including phenoxy) is 2. The molecule has 3 rings (SSSR count). The van der Waals surface area contributed by atoms with E-state index in [1.54, 1.807) is 42.5 Å². The van der Waals surface area contributed by atoms with Crippen LogP contribution in [-0.2, 0) is 4.74 Å². The molecule has 154 valence electrons. The van der Waals surface area contributed by atoms with Crippen molar-refractivity contribution >= 4 is 17.5 Å². The molecule has 1 saturated heterocycles. The molecule has 0 spiro atoms. The summed E-state index contributed by atoms with van der Waals surface area (Å²) in [6.07, 6.45) is 3.06. The number of amides is 2. The minimum absolute atomic E-state index is 0.0816. The summed E-state index contributed by atoms with van der Waals surface area (Å²) in [7, 11) is 0. The molecule has 0 aliphatic carbocycles. The van der Waals surface area contributed by atoms with Crippen molar-refractivity contribution in [2.75, 3.05) is 18.5 Å². The monoisotopic (exact) mass is 396 g/mol. The third-order valence-electron chi connectivity index (χ3n) is 4.91. The Morgan fingerprint density at radius 1 is 1.14 bits per heavy atom. The Hall–Kier alpha value is -2.86. The van der Waals surface area contributed by atoms with Gasteiger partial charge in [-0.25, -0.2) is 0 Å². The van der Waals surface area contributed by atoms with Crippen LogP contribution >= 0.6 is 0 Å². The molecule has 2 atom stereocenters. The second-order valence-corrected chi connectivity index (χ2v) is 7.24. The lowest BCUT2D eigenvalue weighted by atomic mass is 10.1. The van der Waals surface area contributed by atoms with Crippen LogP contribution in [0.15, 0.2) is 48.5 Å². The summed E-state index contributed by atoms with van der Waals surface area (Å²) in [5, 5.41) is 5.74. The van der Waals surface area contributed by atoms with Gasteiger partial charge in [-0.15, -0.1) is 0 Å². The van der Waals surface area contributed by atoms with Gasteiger partial charge in [0.2, 0.25) is 0 Å². The minimum Gasteiger partial charge on any atom is -0.491 e. The molecule has 2 N–H and O–H groups in total. The van der Waals surface area contributed by atoms with E-state index in [9.17, 15) is 9.59 Å². The minimum atomic E-state index is -0.253. The Labute approximate surface area is 171 Å². The molecule has 1 aliphatic rings. The summed E-state index contributed by atoms with van der Waals surface area (Å²) in [4.78, 5) is 25.0. The topological polar surface area (TPSA) is 76.7 Å². The van der Waals surface area contributed by atoms with E-state index in [2.05, 4.69) is 10.6 Å². The smallest absolute Gasteiger partial charge is 0.255 e. The highest BCUT2D eigenvalue weighted by atomic mass is 16.5. The van der Waals surface area contributed by atoms with Gasteiger partial charge in [0, 0.05) is 30.0 Å². The fourth-order valence-corrected chi connectivity index (χ4v) is 3.08. The van der Waals surface area contributed by atoms with Gasteiger partial charge in [-0.2, -0.15) is 0 Å². The summed E-state index contributed by atoms with van der Waals surface area (Å²) in [6, 6.07) is 14.0. The van der Waals surface area contributed by atoms with Crippen molar-refractivity contribution in [2.24, 2.45) is 0 Å². The van der Waals surface area contributed by atoms with Crippen molar-refractivity contribution in [3.63, 3.8) is 0 Å². The fraction of sp³-hybridized carbons (Fsp3) is 0.391. The van der Waals surface area contributed by atoms with Gasteiger partial charge >= 0.3 is 0 Å². The number of anilines is 1. The molecule has 0 radical (unpaired) electrons. The predicted molar refractivity (Wildman–Crippen MR) is 113 cm³/mol. The van der Waals surface area contributed by atoms with Gasteiger partial charge in [0.05, 0.1) is 12.2 Å². The predicted octanol–water partition coefficient (Wildman–Crippen LogP) is 4.03. The van der Waals surface area contributed by atoms with Crippen molar-refractivity contribution < 1.29 is 19.1 Å². The Morgan fingerprint density at radius 3 is 2.62 bits per heavy atom. The molecule has 1 heterocycles. The summed E-state index contributed by atoms with van der Waals surface area (Å²) < 4.78 is 11.3. The molecule has 0 saturated carbocycles. The molecule has 6 nitrogen and oxygen atoms in total. The van der Waals surface area contributed by atoms with E-state index >= 15 is 0 Å². The number of hydrogen-bond acceptors (Lipinski definition) is 4. The lowest BCUT2D eigenvalue weighted by Crippen LogP contribution is -2.31. The van der Waals surface area contributed by atoms with Crippen LogP contribution in [0.3, 0.4) is 0 Å². The van der Waals surface area contributed by atoms with Crippen molar-refractivity contribution in [1.29, 1.82) is 0 Å². The average Bonchev–Trinajstić information content (AvgIpc) is 3.26. The van der Waals surface area contributed by atoms with Crippen LogP contribution in [0.5, 0.6) is 5.75 Å². The number of benzene rings is 2. The average molecular weight is 396 g/mol. The van der Waals surface area contributed by atoms with Crippen LogP contribution in [0, 0.1) is 0 Å². The van der Waals surface area contributed by atoms with Gasteiger partial charge < -0.3 is 20.1 Å². The standard InChI is InChI=1S/C23H28N2O4/c1-3-16(2)29-20-10-5-8-18(14-20)23(27)25-19-9-4-7-17(13-19)22(26)24-15-21-11-6-12-28-21/h4-5,7-10,13-14,16,21H,3,6,11-12,15H2,1-2H3,(H,24,26)(H,25,27). The van der Waals surface area contributed by atoms with E-state index in [-0.39, 0.29) is 24.0 Å². The molecule has 2 aromatic carbocycles. The van der Waals surface area contributed by atoms with Gasteiger partial charge in [0.1, 0.15) is 5.75 Å². The summed E-state index contributed by atoms with van der Waals surface area (Å²) in [5.41, 5.74) is 1.56. The SMILES string of the molecule is CCC(C)Oc1cccc(C(=O)Nc2cccc(C(=O)NCC3CCCO3)c2)c1. The summed E-state index contributed by atoms with van der Waals surface area (Å²) in [6.45, 7) is 5.29. The third-order valence-corrected chi connectivity index (χ3v) is 4.91. The Balaban J connectivity index is 1.61. The molecule has 6 heteroatoms. The van der Waals surface area contributed by atoms with Gasteiger partial charge in [-0.05, 0) is 62.6 Å². The molecular weight excluding hydrogens is 368 g/mol. The first kappa shape index (κ1) is 20.9. The molecule has 1 fully saturated rings. The first-order valence-electron chi connectivity index (χ1n) is 10.1. The van der Waals surface area contributed by atoms with Crippen molar-refractivity contribution in [2.45, 2.75) is 45.3 Å². The molecule has 0 aromatic heterocycles.